The summed E-state index contributed by atoms with van der Waals surface area (Å²) in [5.74, 6) is 0.278. The molecule has 2 atom stereocenters. The first-order valence-electron chi connectivity index (χ1n) is 7.06. The molecule has 1 saturated carbocycles. The molecule has 0 heterocycles. The molecule has 3 heteroatoms. The van der Waals surface area contributed by atoms with E-state index in [2.05, 4.69) is 39.9 Å². The van der Waals surface area contributed by atoms with Crippen molar-refractivity contribution in [3.05, 3.63) is 12.2 Å². The zero-order valence-electron chi connectivity index (χ0n) is 12.4. The molecule has 0 aromatic carbocycles. The quantitative estimate of drug-likeness (QED) is 0.704. The van der Waals surface area contributed by atoms with E-state index < -0.39 is 8.32 Å². The lowest BCUT2D eigenvalue weighted by Crippen LogP contribution is -2.47. The summed E-state index contributed by atoms with van der Waals surface area (Å²) in [5, 5.41) is 0.239. The fraction of sp³-hybridized carbons (Fsp3) is 0.800. The van der Waals surface area contributed by atoms with E-state index in [0.717, 1.165) is 12.8 Å². The Morgan fingerprint density at radius 2 is 2.06 bits per heavy atom. The molecule has 102 valence electrons. The third kappa shape index (κ3) is 2.35. The molecule has 18 heavy (non-hydrogen) atoms. The van der Waals surface area contributed by atoms with Gasteiger partial charge in [0.25, 0.3) is 0 Å². The van der Waals surface area contributed by atoms with Gasteiger partial charge in [0, 0.05) is 11.8 Å². The third-order valence-corrected chi connectivity index (χ3v) is 9.58. The molecule has 2 rings (SSSR count). The summed E-state index contributed by atoms with van der Waals surface area (Å²) in [4.78, 5) is 11.6. The first-order chi connectivity index (χ1) is 8.16. The number of carbonyl (C=O) groups is 1. The first-order valence-corrected chi connectivity index (χ1v) is 9.97. The van der Waals surface area contributed by atoms with E-state index in [1.165, 1.54) is 6.42 Å². The predicted molar refractivity (Wildman–Crippen MR) is 77.1 cm³/mol. The highest BCUT2D eigenvalue weighted by Crippen LogP contribution is 2.50. The monoisotopic (exact) mass is 266 g/mol. The maximum Gasteiger partial charge on any atom is 0.192 e. The number of hydrogen-bond donors (Lipinski definition) is 0. The topological polar surface area (TPSA) is 26.3 Å². The second kappa shape index (κ2) is 4.31. The lowest BCUT2D eigenvalue weighted by atomic mass is 9.84. The molecule has 1 fully saturated rings. The van der Waals surface area contributed by atoms with E-state index in [0.29, 0.717) is 6.42 Å². The van der Waals surface area contributed by atoms with Gasteiger partial charge in [0.15, 0.2) is 14.1 Å². The minimum atomic E-state index is -1.73. The molecule has 0 aromatic heterocycles. The fourth-order valence-electron chi connectivity index (χ4n) is 2.87. The minimum absolute atomic E-state index is 0.0343. The van der Waals surface area contributed by atoms with Crippen LogP contribution in [-0.2, 0) is 9.22 Å². The second-order valence-electron chi connectivity index (χ2n) is 7.47. The summed E-state index contributed by atoms with van der Waals surface area (Å²) in [6.45, 7) is 11.4. The van der Waals surface area contributed by atoms with Crippen LogP contribution in [0.3, 0.4) is 0 Å². The van der Waals surface area contributed by atoms with Crippen molar-refractivity contribution in [2.75, 3.05) is 0 Å². The van der Waals surface area contributed by atoms with Crippen molar-refractivity contribution in [2.45, 2.75) is 70.7 Å². The average molecular weight is 266 g/mol. The SMILES string of the molecule is CC(C)(C)[Si](C)(C)O[C@@H]1CCC[C@@]12C=CC(=O)C2. The van der Waals surface area contributed by atoms with Gasteiger partial charge in [0.2, 0.25) is 0 Å². The molecule has 0 bridgehead atoms. The molecule has 2 nitrogen and oxygen atoms in total. The summed E-state index contributed by atoms with van der Waals surface area (Å²) in [6, 6.07) is 0. The molecule has 0 N–H and O–H groups in total. The van der Waals surface area contributed by atoms with Gasteiger partial charge in [-0.15, -0.1) is 0 Å². The van der Waals surface area contributed by atoms with Gasteiger partial charge in [0.1, 0.15) is 0 Å². The average Bonchev–Trinajstić information content (AvgIpc) is 2.74. The zero-order chi connectivity index (χ0) is 13.6. The van der Waals surface area contributed by atoms with Gasteiger partial charge >= 0.3 is 0 Å². The molecular formula is C15H26O2Si. The molecule has 2 aliphatic rings. The van der Waals surface area contributed by atoms with Crippen molar-refractivity contribution in [2.24, 2.45) is 5.41 Å². The van der Waals surface area contributed by atoms with Crippen LogP contribution in [0.5, 0.6) is 0 Å². The molecule has 0 unspecified atom stereocenters. The van der Waals surface area contributed by atoms with Crippen LogP contribution in [0.1, 0.15) is 46.5 Å². The number of rotatable bonds is 2. The van der Waals surface area contributed by atoms with Crippen LogP contribution in [0.2, 0.25) is 18.1 Å². The summed E-state index contributed by atoms with van der Waals surface area (Å²) in [6.07, 6.45) is 8.27. The lowest BCUT2D eigenvalue weighted by Gasteiger charge is -2.42. The molecule has 0 aromatic rings. The number of hydrogen-bond acceptors (Lipinski definition) is 2. The predicted octanol–water partition coefficient (Wildman–Crippen LogP) is 4.08. The van der Waals surface area contributed by atoms with E-state index in [-0.39, 0.29) is 22.3 Å². The summed E-state index contributed by atoms with van der Waals surface area (Å²) < 4.78 is 6.58. The Balaban J connectivity index is 2.15. The lowest BCUT2D eigenvalue weighted by molar-refractivity contribution is -0.116. The van der Waals surface area contributed by atoms with Crippen molar-refractivity contribution < 1.29 is 9.22 Å². The number of carbonyl (C=O) groups excluding carboxylic acids is 1. The fourth-order valence-corrected chi connectivity index (χ4v) is 4.29. The molecule has 1 spiro atoms. The second-order valence-corrected chi connectivity index (χ2v) is 12.2. The van der Waals surface area contributed by atoms with Crippen molar-refractivity contribution in [1.82, 2.24) is 0 Å². The van der Waals surface area contributed by atoms with Crippen LogP contribution in [0, 0.1) is 5.41 Å². The molecule has 0 aliphatic heterocycles. The minimum Gasteiger partial charge on any atom is -0.413 e. The number of ketones is 1. The van der Waals surface area contributed by atoms with Crippen LogP contribution in [0.25, 0.3) is 0 Å². The van der Waals surface area contributed by atoms with Gasteiger partial charge in [-0.1, -0.05) is 26.8 Å². The van der Waals surface area contributed by atoms with Crippen LogP contribution < -0.4 is 0 Å². The van der Waals surface area contributed by atoms with Crippen molar-refractivity contribution in [1.29, 1.82) is 0 Å². The Labute approximate surface area is 112 Å². The van der Waals surface area contributed by atoms with Crippen molar-refractivity contribution in [3.63, 3.8) is 0 Å². The highest BCUT2D eigenvalue weighted by Gasteiger charge is 2.49. The molecular weight excluding hydrogens is 240 g/mol. The van der Waals surface area contributed by atoms with Crippen molar-refractivity contribution >= 4 is 14.1 Å². The Morgan fingerprint density at radius 1 is 1.39 bits per heavy atom. The maximum absolute atomic E-state index is 11.6. The van der Waals surface area contributed by atoms with Crippen LogP contribution in [-0.4, -0.2) is 20.2 Å². The van der Waals surface area contributed by atoms with Gasteiger partial charge in [0.05, 0.1) is 6.10 Å². The highest BCUT2D eigenvalue weighted by molar-refractivity contribution is 6.74. The van der Waals surface area contributed by atoms with E-state index in [9.17, 15) is 4.79 Å². The summed E-state index contributed by atoms with van der Waals surface area (Å²) in [7, 11) is -1.73. The highest BCUT2D eigenvalue weighted by atomic mass is 28.4. The number of allylic oxidation sites excluding steroid dienone is 1. The van der Waals surface area contributed by atoms with Crippen LogP contribution in [0.15, 0.2) is 12.2 Å². The molecule has 0 radical (unpaired) electrons. The Hall–Kier alpha value is -0.413. The van der Waals surface area contributed by atoms with Crippen LogP contribution in [0.4, 0.5) is 0 Å². The van der Waals surface area contributed by atoms with Crippen LogP contribution >= 0.6 is 0 Å². The van der Waals surface area contributed by atoms with E-state index in [1.54, 1.807) is 6.08 Å². The largest absolute Gasteiger partial charge is 0.413 e. The van der Waals surface area contributed by atoms with Gasteiger partial charge in [-0.2, -0.15) is 0 Å². The molecule has 0 saturated heterocycles. The molecule has 2 aliphatic carbocycles. The first kappa shape index (κ1) is 14.0. The van der Waals surface area contributed by atoms with E-state index >= 15 is 0 Å². The van der Waals surface area contributed by atoms with Gasteiger partial charge in [-0.25, -0.2) is 0 Å². The Morgan fingerprint density at radius 3 is 2.56 bits per heavy atom. The summed E-state index contributed by atoms with van der Waals surface area (Å²) >= 11 is 0. The van der Waals surface area contributed by atoms with E-state index in [4.69, 9.17) is 4.43 Å². The standard InChI is InChI=1S/C15H26O2Si/c1-14(2,3)18(4,5)17-13-7-6-9-15(13)10-8-12(16)11-15/h8,10,13H,6-7,9,11H2,1-5H3/t13-,15+/m1/s1. The van der Waals surface area contributed by atoms with Gasteiger partial charge in [-0.3, -0.25) is 4.79 Å². The third-order valence-electron chi connectivity index (χ3n) is 5.10. The summed E-state index contributed by atoms with van der Waals surface area (Å²) in [5.41, 5.74) is 0.0343. The maximum atomic E-state index is 11.6. The smallest absolute Gasteiger partial charge is 0.192 e. The van der Waals surface area contributed by atoms with E-state index in [1.807, 2.05) is 0 Å². The van der Waals surface area contributed by atoms with Crippen molar-refractivity contribution in [3.8, 4) is 0 Å². The normalized spacial score (nSPS) is 32.7. The zero-order valence-corrected chi connectivity index (χ0v) is 13.4. The molecule has 0 amide bonds. The van der Waals surface area contributed by atoms with Gasteiger partial charge < -0.3 is 4.43 Å². The Kier molecular flexibility index (Phi) is 3.35. The van der Waals surface area contributed by atoms with Gasteiger partial charge in [-0.05, 0) is 43.5 Å². The Bertz CT molecular complexity index is 378.